The minimum Gasteiger partial charge on any atom is -0.379 e. The number of aryl methyl sites for hydroxylation is 1. The van der Waals surface area contributed by atoms with Crippen molar-refractivity contribution < 1.29 is 4.74 Å². The van der Waals surface area contributed by atoms with Gasteiger partial charge in [0, 0.05) is 45.2 Å². The molecule has 2 N–H and O–H groups in total. The second-order valence-electron chi connectivity index (χ2n) is 5.08. The molecular formula is C15H29N5O. The molecule has 0 spiro atoms. The van der Waals surface area contributed by atoms with Crippen LogP contribution in [0.3, 0.4) is 0 Å². The summed E-state index contributed by atoms with van der Waals surface area (Å²) >= 11 is 0. The molecular weight excluding hydrogens is 266 g/mol. The van der Waals surface area contributed by atoms with Crippen molar-refractivity contribution in [2.75, 3.05) is 26.2 Å². The fourth-order valence-corrected chi connectivity index (χ4v) is 1.80. The average Bonchev–Trinajstić information content (AvgIpc) is 2.96. The summed E-state index contributed by atoms with van der Waals surface area (Å²) in [7, 11) is 0. The number of nitrogens with zero attached hydrogens (tertiary/aromatic N) is 3. The first kappa shape index (κ1) is 17.5. The molecule has 6 nitrogen and oxygen atoms in total. The van der Waals surface area contributed by atoms with E-state index in [1.165, 1.54) is 0 Å². The third-order valence-electron chi connectivity index (χ3n) is 2.78. The van der Waals surface area contributed by atoms with Crippen LogP contribution in [-0.4, -0.2) is 48.1 Å². The molecule has 1 aromatic heterocycles. The van der Waals surface area contributed by atoms with Crippen LogP contribution < -0.4 is 10.6 Å². The van der Waals surface area contributed by atoms with Gasteiger partial charge in [0.25, 0.3) is 0 Å². The monoisotopic (exact) mass is 295 g/mol. The van der Waals surface area contributed by atoms with Crippen molar-refractivity contribution in [2.45, 2.75) is 46.3 Å². The first-order valence-electron chi connectivity index (χ1n) is 7.83. The first-order chi connectivity index (χ1) is 10.2. The molecule has 0 atom stereocenters. The highest BCUT2D eigenvalue weighted by Crippen LogP contribution is 1.91. The van der Waals surface area contributed by atoms with Crippen LogP contribution in [-0.2, 0) is 11.3 Å². The van der Waals surface area contributed by atoms with Crippen LogP contribution in [0.1, 0.15) is 33.6 Å². The Kier molecular flexibility index (Phi) is 9.28. The highest BCUT2D eigenvalue weighted by molar-refractivity contribution is 5.79. The number of nitrogens with one attached hydrogen (secondary N) is 2. The van der Waals surface area contributed by atoms with Gasteiger partial charge in [0.2, 0.25) is 0 Å². The van der Waals surface area contributed by atoms with Gasteiger partial charge < -0.3 is 15.4 Å². The summed E-state index contributed by atoms with van der Waals surface area (Å²) in [5.41, 5.74) is 0. The van der Waals surface area contributed by atoms with Gasteiger partial charge in [-0.25, -0.2) is 0 Å². The van der Waals surface area contributed by atoms with E-state index < -0.39 is 0 Å². The van der Waals surface area contributed by atoms with Crippen LogP contribution in [0.4, 0.5) is 0 Å². The molecule has 0 aliphatic rings. The summed E-state index contributed by atoms with van der Waals surface area (Å²) in [6.45, 7) is 10.4. The summed E-state index contributed by atoms with van der Waals surface area (Å²) in [4.78, 5) is 4.56. The maximum atomic E-state index is 5.51. The van der Waals surface area contributed by atoms with Crippen LogP contribution >= 0.6 is 0 Å². The lowest BCUT2D eigenvalue weighted by Crippen LogP contribution is -2.38. The van der Waals surface area contributed by atoms with Gasteiger partial charge in [-0.05, 0) is 39.7 Å². The molecule has 1 heterocycles. The van der Waals surface area contributed by atoms with Crippen LogP contribution in [0.15, 0.2) is 23.5 Å². The van der Waals surface area contributed by atoms with E-state index in [1.54, 1.807) is 6.20 Å². The van der Waals surface area contributed by atoms with Crippen molar-refractivity contribution in [3.8, 4) is 0 Å². The number of hydrogen-bond donors (Lipinski definition) is 2. The van der Waals surface area contributed by atoms with Gasteiger partial charge >= 0.3 is 0 Å². The second kappa shape index (κ2) is 11.1. The van der Waals surface area contributed by atoms with E-state index >= 15 is 0 Å². The van der Waals surface area contributed by atoms with Crippen molar-refractivity contribution in [1.29, 1.82) is 0 Å². The zero-order valence-corrected chi connectivity index (χ0v) is 13.5. The lowest BCUT2D eigenvalue weighted by Gasteiger charge is -2.12. The van der Waals surface area contributed by atoms with Crippen molar-refractivity contribution in [3.05, 3.63) is 18.5 Å². The van der Waals surface area contributed by atoms with Gasteiger partial charge in [0.1, 0.15) is 0 Å². The fourth-order valence-electron chi connectivity index (χ4n) is 1.80. The largest absolute Gasteiger partial charge is 0.379 e. The van der Waals surface area contributed by atoms with E-state index in [1.807, 2.05) is 16.9 Å². The number of guanidine groups is 1. The molecule has 0 amide bonds. The number of rotatable bonds is 10. The van der Waals surface area contributed by atoms with Gasteiger partial charge in [-0.3, -0.25) is 9.67 Å². The highest BCUT2D eigenvalue weighted by atomic mass is 16.5. The molecule has 0 aliphatic carbocycles. The maximum Gasteiger partial charge on any atom is 0.191 e. The van der Waals surface area contributed by atoms with Gasteiger partial charge in [-0.2, -0.15) is 5.10 Å². The third kappa shape index (κ3) is 9.07. The Hall–Kier alpha value is -1.56. The molecule has 120 valence electrons. The average molecular weight is 295 g/mol. The van der Waals surface area contributed by atoms with E-state index in [2.05, 4.69) is 41.5 Å². The predicted octanol–water partition coefficient (Wildman–Crippen LogP) is 1.64. The van der Waals surface area contributed by atoms with Crippen LogP contribution in [0.5, 0.6) is 0 Å². The number of hydrogen-bond acceptors (Lipinski definition) is 3. The molecule has 1 aromatic rings. The van der Waals surface area contributed by atoms with Gasteiger partial charge in [0.15, 0.2) is 5.96 Å². The molecule has 0 aromatic carbocycles. The van der Waals surface area contributed by atoms with E-state index in [0.717, 1.165) is 51.6 Å². The minimum absolute atomic E-state index is 0.300. The quantitative estimate of drug-likeness (QED) is 0.391. The van der Waals surface area contributed by atoms with Gasteiger partial charge in [0.05, 0.1) is 6.10 Å². The molecule has 0 saturated heterocycles. The summed E-state index contributed by atoms with van der Waals surface area (Å²) < 4.78 is 7.44. The third-order valence-corrected chi connectivity index (χ3v) is 2.78. The molecule has 1 rings (SSSR count). The van der Waals surface area contributed by atoms with Crippen molar-refractivity contribution in [2.24, 2.45) is 4.99 Å². The highest BCUT2D eigenvalue weighted by Gasteiger charge is 1.98. The van der Waals surface area contributed by atoms with E-state index in [4.69, 9.17) is 4.74 Å². The first-order valence-corrected chi connectivity index (χ1v) is 7.83. The summed E-state index contributed by atoms with van der Waals surface area (Å²) in [6.07, 6.45) is 6.04. The smallest absolute Gasteiger partial charge is 0.191 e. The van der Waals surface area contributed by atoms with Crippen molar-refractivity contribution in [3.63, 3.8) is 0 Å². The standard InChI is InChI=1S/C15H29N5O/c1-4-16-15(18-9-7-13-21-14(2)3)17-8-5-11-20-12-6-10-19-20/h6,10,12,14H,4-5,7-9,11,13H2,1-3H3,(H2,16,17,18). The molecule has 0 radical (unpaired) electrons. The Labute approximate surface area is 128 Å². The zero-order valence-electron chi connectivity index (χ0n) is 13.5. The molecule has 6 heteroatoms. The van der Waals surface area contributed by atoms with Gasteiger partial charge in [-0.15, -0.1) is 0 Å². The maximum absolute atomic E-state index is 5.51. The van der Waals surface area contributed by atoms with Crippen LogP contribution in [0.2, 0.25) is 0 Å². The minimum atomic E-state index is 0.300. The topological polar surface area (TPSA) is 63.5 Å². The summed E-state index contributed by atoms with van der Waals surface area (Å²) in [6, 6.07) is 1.94. The molecule has 0 saturated carbocycles. The van der Waals surface area contributed by atoms with E-state index in [9.17, 15) is 0 Å². The summed E-state index contributed by atoms with van der Waals surface area (Å²) in [5, 5.41) is 10.8. The number of aromatic nitrogens is 2. The van der Waals surface area contributed by atoms with Gasteiger partial charge in [-0.1, -0.05) is 0 Å². The van der Waals surface area contributed by atoms with E-state index in [-0.39, 0.29) is 0 Å². The normalized spacial score (nSPS) is 11.9. The molecule has 0 unspecified atom stereocenters. The Bertz CT molecular complexity index is 375. The predicted molar refractivity (Wildman–Crippen MR) is 86.5 cm³/mol. The van der Waals surface area contributed by atoms with Crippen molar-refractivity contribution in [1.82, 2.24) is 20.4 Å². The number of ether oxygens (including phenoxy) is 1. The van der Waals surface area contributed by atoms with Crippen molar-refractivity contribution >= 4 is 5.96 Å². The van der Waals surface area contributed by atoms with Crippen LogP contribution in [0.25, 0.3) is 0 Å². The lowest BCUT2D eigenvalue weighted by atomic mass is 10.4. The van der Waals surface area contributed by atoms with E-state index in [0.29, 0.717) is 6.10 Å². The number of aliphatic imine (C=N–C) groups is 1. The molecule has 0 fully saturated rings. The SMILES string of the molecule is CCNC(=NCCCn1cccn1)NCCCOC(C)C. The molecule has 0 bridgehead atoms. The Morgan fingerprint density at radius 3 is 2.86 bits per heavy atom. The fraction of sp³-hybridized carbons (Fsp3) is 0.733. The molecule has 21 heavy (non-hydrogen) atoms. The Balaban J connectivity index is 2.16. The molecule has 0 aliphatic heterocycles. The Morgan fingerprint density at radius 2 is 2.19 bits per heavy atom. The zero-order chi connectivity index (χ0) is 15.3. The summed E-state index contributed by atoms with van der Waals surface area (Å²) in [5.74, 6) is 0.877. The lowest BCUT2D eigenvalue weighted by molar-refractivity contribution is 0.0776. The second-order valence-corrected chi connectivity index (χ2v) is 5.08. The van der Waals surface area contributed by atoms with Crippen LogP contribution in [0, 0.1) is 0 Å². The Morgan fingerprint density at radius 1 is 1.33 bits per heavy atom.